The van der Waals surface area contributed by atoms with Gasteiger partial charge >= 0.3 is 0 Å². The Hall–Kier alpha value is -1.47. The second kappa shape index (κ2) is 5.04. The average Bonchev–Trinajstić information content (AvgIpc) is 2.33. The van der Waals surface area contributed by atoms with Crippen LogP contribution in [0.25, 0.3) is 11.1 Å². The van der Waals surface area contributed by atoms with Crippen LogP contribution in [-0.2, 0) is 0 Å². The number of para-hydroxylation sites is 1. The van der Waals surface area contributed by atoms with Crippen LogP contribution < -0.4 is 0 Å². The molecule has 2 aromatic carbocycles. The average molecular weight is 246 g/mol. The van der Waals surface area contributed by atoms with Crippen molar-refractivity contribution in [1.29, 1.82) is 0 Å². The summed E-state index contributed by atoms with van der Waals surface area (Å²) in [5, 5.41) is 2.94. The van der Waals surface area contributed by atoms with Gasteiger partial charge in [0.15, 0.2) is 0 Å². The summed E-state index contributed by atoms with van der Waals surface area (Å²) in [6.07, 6.45) is 0. The molecule has 0 saturated carbocycles. The van der Waals surface area contributed by atoms with E-state index in [9.17, 15) is 0 Å². The van der Waals surface area contributed by atoms with E-state index < -0.39 is 0 Å². The summed E-state index contributed by atoms with van der Waals surface area (Å²) >= 11 is 10.7. The summed E-state index contributed by atoms with van der Waals surface area (Å²) in [5.74, 6) is 0. The maximum absolute atomic E-state index is 6.08. The first-order valence-electron chi connectivity index (χ1n) is 4.75. The summed E-state index contributed by atoms with van der Waals surface area (Å²) in [6, 6.07) is 15.6. The maximum Gasteiger partial charge on any atom is 0.100 e. The molecule has 0 amide bonds. The van der Waals surface area contributed by atoms with E-state index in [1.54, 1.807) is 6.07 Å². The van der Waals surface area contributed by atoms with Crippen LogP contribution in [0.3, 0.4) is 0 Å². The molecule has 2 aromatic rings. The van der Waals surface area contributed by atoms with Gasteiger partial charge in [-0.05, 0) is 23.8 Å². The number of halogens is 1. The lowest BCUT2D eigenvalue weighted by Gasteiger charge is -2.06. The van der Waals surface area contributed by atoms with Gasteiger partial charge in [0.25, 0.3) is 0 Å². The van der Waals surface area contributed by atoms with Gasteiger partial charge in [-0.15, -0.1) is 0 Å². The lowest BCUT2D eigenvalue weighted by atomic mass is 10.0. The summed E-state index contributed by atoms with van der Waals surface area (Å²) in [4.78, 5) is 4.02. The third kappa shape index (κ3) is 2.20. The third-order valence-electron chi connectivity index (χ3n) is 2.23. The van der Waals surface area contributed by atoms with Crippen LogP contribution in [0.4, 0.5) is 5.69 Å². The maximum atomic E-state index is 6.08. The van der Waals surface area contributed by atoms with Crippen LogP contribution in [-0.4, -0.2) is 5.16 Å². The van der Waals surface area contributed by atoms with Gasteiger partial charge in [0.05, 0.1) is 10.2 Å². The van der Waals surface area contributed by atoms with Crippen molar-refractivity contribution >= 4 is 34.7 Å². The van der Waals surface area contributed by atoms with Crippen molar-refractivity contribution in [2.45, 2.75) is 0 Å². The van der Waals surface area contributed by atoms with Crippen molar-refractivity contribution in [3.8, 4) is 11.1 Å². The van der Waals surface area contributed by atoms with Gasteiger partial charge in [-0.3, -0.25) is 0 Å². The standard InChI is InChI=1S/C13H8ClNS/c14-12-8-4-7-11(13(12)15-9-16)10-5-2-1-3-6-10/h1-8H. The Balaban J connectivity index is 2.65. The first kappa shape index (κ1) is 11.0. The van der Waals surface area contributed by atoms with E-state index in [0.717, 1.165) is 11.1 Å². The molecule has 0 heterocycles. The Morgan fingerprint density at radius 1 is 1.00 bits per heavy atom. The van der Waals surface area contributed by atoms with Crippen molar-refractivity contribution in [3.63, 3.8) is 0 Å². The zero-order valence-corrected chi connectivity index (χ0v) is 9.92. The minimum atomic E-state index is 0.582. The first-order chi connectivity index (χ1) is 7.83. The van der Waals surface area contributed by atoms with E-state index in [1.165, 1.54) is 0 Å². The SMILES string of the molecule is S=C=Nc1c(Cl)cccc1-c1ccccc1. The number of nitrogens with zero attached hydrogens (tertiary/aromatic N) is 1. The number of aliphatic imine (C=N–C) groups is 1. The monoisotopic (exact) mass is 245 g/mol. The third-order valence-corrected chi connectivity index (χ3v) is 2.63. The van der Waals surface area contributed by atoms with Crippen LogP contribution in [0.2, 0.25) is 5.02 Å². The van der Waals surface area contributed by atoms with Crippen molar-refractivity contribution < 1.29 is 0 Å². The van der Waals surface area contributed by atoms with E-state index in [0.29, 0.717) is 10.7 Å². The predicted octanol–water partition coefficient (Wildman–Crippen LogP) is 4.74. The molecule has 0 aliphatic carbocycles. The summed E-state index contributed by atoms with van der Waals surface area (Å²) < 4.78 is 0. The Morgan fingerprint density at radius 2 is 1.75 bits per heavy atom. The minimum Gasteiger partial charge on any atom is -0.192 e. The Bertz CT molecular complexity index is 545. The molecule has 0 saturated heterocycles. The Morgan fingerprint density at radius 3 is 2.44 bits per heavy atom. The van der Waals surface area contributed by atoms with Crippen LogP contribution >= 0.6 is 23.8 Å². The van der Waals surface area contributed by atoms with Gasteiger partial charge < -0.3 is 0 Å². The van der Waals surface area contributed by atoms with Crippen molar-refractivity contribution in [3.05, 3.63) is 53.6 Å². The fourth-order valence-corrected chi connectivity index (χ4v) is 1.83. The largest absolute Gasteiger partial charge is 0.192 e. The van der Waals surface area contributed by atoms with Crippen LogP contribution in [0.5, 0.6) is 0 Å². The molecule has 16 heavy (non-hydrogen) atoms. The Kier molecular flexibility index (Phi) is 3.47. The molecular formula is C13H8ClNS. The molecular weight excluding hydrogens is 238 g/mol. The predicted molar refractivity (Wildman–Crippen MR) is 71.6 cm³/mol. The van der Waals surface area contributed by atoms with Gasteiger partial charge in [0.1, 0.15) is 5.69 Å². The smallest absolute Gasteiger partial charge is 0.100 e. The topological polar surface area (TPSA) is 12.4 Å². The zero-order chi connectivity index (χ0) is 11.4. The van der Waals surface area contributed by atoms with E-state index in [2.05, 4.69) is 22.4 Å². The number of isothiocyanates is 1. The highest BCUT2D eigenvalue weighted by Crippen LogP contribution is 2.35. The molecule has 0 radical (unpaired) electrons. The van der Waals surface area contributed by atoms with Gasteiger partial charge in [-0.25, -0.2) is 0 Å². The van der Waals surface area contributed by atoms with Crippen molar-refractivity contribution in [2.75, 3.05) is 0 Å². The van der Waals surface area contributed by atoms with Crippen LogP contribution in [0, 0.1) is 0 Å². The lowest BCUT2D eigenvalue weighted by Crippen LogP contribution is -1.79. The fraction of sp³-hybridized carbons (Fsp3) is 0. The molecule has 0 fully saturated rings. The number of thiocarbonyl (C=S) groups is 1. The molecule has 0 bridgehead atoms. The van der Waals surface area contributed by atoms with Crippen LogP contribution in [0.15, 0.2) is 53.5 Å². The van der Waals surface area contributed by atoms with E-state index in [1.807, 2.05) is 42.5 Å². The van der Waals surface area contributed by atoms with Gasteiger partial charge in [0.2, 0.25) is 0 Å². The number of benzene rings is 2. The van der Waals surface area contributed by atoms with E-state index >= 15 is 0 Å². The summed E-state index contributed by atoms with van der Waals surface area (Å²) in [5.41, 5.74) is 2.70. The van der Waals surface area contributed by atoms with Gasteiger partial charge in [-0.2, -0.15) is 4.99 Å². The molecule has 0 unspecified atom stereocenters. The van der Waals surface area contributed by atoms with Gasteiger partial charge in [0, 0.05) is 5.56 Å². The summed E-state index contributed by atoms with van der Waals surface area (Å²) in [6.45, 7) is 0. The molecule has 0 aromatic heterocycles. The highest BCUT2D eigenvalue weighted by atomic mass is 35.5. The highest BCUT2D eigenvalue weighted by Gasteiger charge is 2.06. The van der Waals surface area contributed by atoms with Crippen molar-refractivity contribution in [2.24, 2.45) is 4.99 Å². The van der Waals surface area contributed by atoms with E-state index in [-0.39, 0.29) is 0 Å². The van der Waals surface area contributed by atoms with E-state index in [4.69, 9.17) is 11.6 Å². The first-order valence-corrected chi connectivity index (χ1v) is 5.53. The van der Waals surface area contributed by atoms with Gasteiger partial charge in [-0.1, -0.05) is 54.1 Å². The molecule has 0 spiro atoms. The molecule has 1 nitrogen and oxygen atoms in total. The summed E-state index contributed by atoms with van der Waals surface area (Å²) in [7, 11) is 0. The number of hydrogen-bond acceptors (Lipinski definition) is 2. The molecule has 0 aliphatic heterocycles. The van der Waals surface area contributed by atoms with Crippen LogP contribution in [0.1, 0.15) is 0 Å². The second-order valence-corrected chi connectivity index (χ2v) is 3.79. The molecule has 0 atom stereocenters. The zero-order valence-electron chi connectivity index (χ0n) is 8.35. The fourth-order valence-electron chi connectivity index (χ4n) is 1.53. The lowest BCUT2D eigenvalue weighted by molar-refractivity contribution is 1.52. The molecule has 3 heteroatoms. The highest BCUT2D eigenvalue weighted by molar-refractivity contribution is 7.78. The Labute approximate surface area is 104 Å². The minimum absolute atomic E-state index is 0.582. The molecule has 0 N–H and O–H groups in total. The molecule has 0 aliphatic rings. The second-order valence-electron chi connectivity index (χ2n) is 3.21. The number of rotatable bonds is 2. The molecule has 2 rings (SSSR count). The quantitative estimate of drug-likeness (QED) is 0.550. The molecule has 78 valence electrons. The normalized spacial score (nSPS) is 9.56. The van der Waals surface area contributed by atoms with Crippen molar-refractivity contribution in [1.82, 2.24) is 0 Å². The number of hydrogen-bond donors (Lipinski definition) is 0.